The number of benzene rings is 2. The number of hydrogen-bond acceptors (Lipinski definition) is 5. The highest BCUT2D eigenvalue weighted by Gasteiger charge is 2.24. The molecular formula is C21H22N2O4. The number of rotatable bonds is 6. The van der Waals surface area contributed by atoms with E-state index < -0.39 is 18.1 Å². The summed E-state index contributed by atoms with van der Waals surface area (Å²) < 4.78 is 10.00. The summed E-state index contributed by atoms with van der Waals surface area (Å²) in [5, 5.41) is 11.6. The van der Waals surface area contributed by atoms with Crippen LogP contribution in [0.5, 0.6) is 0 Å². The van der Waals surface area contributed by atoms with Gasteiger partial charge in [0.2, 0.25) is 0 Å². The van der Waals surface area contributed by atoms with E-state index in [1.807, 2.05) is 44.2 Å². The number of amides is 1. The Morgan fingerprint density at radius 1 is 1.15 bits per heavy atom. The molecular weight excluding hydrogens is 344 g/mol. The molecule has 0 saturated heterocycles. The summed E-state index contributed by atoms with van der Waals surface area (Å²) in [5.41, 5.74) is 4.03. The minimum absolute atomic E-state index is 0.107. The largest absolute Gasteiger partial charge is 0.467 e. The maximum atomic E-state index is 12.1. The van der Waals surface area contributed by atoms with Crippen molar-refractivity contribution in [3.63, 3.8) is 0 Å². The predicted molar refractivity (Wildman–Crippen MR) is 99.9 cm³/mol. The Hall–Kier alpha value is -3.33. The molecule has 0 heterocycles. The van der Waals surface area contributed by atoms with E-state index in [-0.39, 0.29) is 13.0 Å². The molecule has 2 aromatic carbocycles. The van der Waals surface area contributed by atoms with Gasteiger partial charge < -0.3 is 14.8 Å². The highest BCUT2D eigenvalue weighted by Crippen LogP contribution is 2.19. The van der Waals surface area contributed by atoms with E-state index in [1.165, 1.54) is 7.11 Å². The van der Waals surface area contributed by atoms with Crippen LogP contribution in [0.1, 0.15) is 27.8 Å². The van der Waals surface area contributed by atoms with E-state index in [0.717, 1.165) is 22.3 Å². The number of ether oxygens (including phenoxy) is 2. The third-order valence-corrected chi connectivity index (χ3v) is 4.22. The van der Waals surface area contributed by atoms with Crippen molar-refractivity contribution in [3.05, 3.63) is 70.3 Å². The number of nitriles is 1. The first-order chi connectivity index (χ1) is 12.9. The molecule has 140 valence electrons. The van der Waals surface area contributed by atoms with E-state index in [4.69, 9.17) is 14.7 Å². The molecule has 1 atom stereocenters. The molecule has 0 aliphatic carbocycles. The number of methoxy groups -OCH3 is 1. The summed E-state index contributed by atoms with van der Waals surface area (Å²) in [6, 6.07) is 14.0. The first kappa shape index (κ1) is 20.0. The molecule has 0 saturated carbocycles. The van der Waals surface area contributed by atoms with Crippen LogP contribution in [0.2, 0.25) is 0 Å². The molecule has 0 bridgehead atoms. The van der Waals surface area contributed by atoms with Crippen molar-refractivity contribution >= 4 is 12.1 Å². The SMILES string of the molecule is COC(=O)[C@H](Cc1c(C)cc(C#N)cc1C)NC(=O)OCc1ccccc1. The molecule has 27 heavy (non-hydrogen) atoms. The first-order valence-electron chi connectivity index (χ1n) is 8.50. The van der Waals surface area contributed by atoms with Crippen LogP contribution in [0.4, 0.5) is 4.79 Å². The number of alkyl carbamates (subject to hydrolysis) is 1. The topological polar surface area (TPSA) is 88.4 Å². The Bertz CT molecular complexity index is 833. The van der Waals surface area contributed by atoms with Crippen LogP contribution in [0.25, 0.3) is 0 Å². The van der Waals surface area contributed by atoms with Gasteiger partial charge in [0.25, 0.3) is 0 Å². The number of hydrogen-bond donors (Lipinski definition) is 1. The van der Waals surface area contributed by atoms with E-state index in [0.29, 0.717) is 5.56 Å². The number of carbonyl (C=O) groups excluding carboxylic acids is 2. The molecule has 0 radical (unpaired) electrons. The molecule has 2 aromatic rings. The average molecular weight is 366 g/mol. The summed E-state index contributed by atoms with van der Waals surface area (Å²) >= 11 is 0. The Labute approximate surface area is 158 Å². The summed E-state index contributed by atoms with van der Waals surface area (Å²) in [6.45, 7) is 3.84. The smallest absolute Gasteiger partial charge is 0.408 e. The summed E-state index contributed by atoms with van der Waals surface area (Å²) in [4.78, 5) is 24.3. The van der Waals surface area contributed by atoms with Crippen molar-refractivity contribution < 1.29 is 19.1 Å². The standard InChI is InChI=1S/C21H22N2O4/c1-14-9-17(12-22)10-15(2)18(14)11-19(20(24)26-3)23-21(25)27-13-16-7-5-4-6-8-16/h4-10,19H,11,13H2,1-3H3,(H,23,25)/t19-/m0/s1. The van der Waals surface area contributed by atoms with Crippen LogP contribution in [0.3, 0.4) is 0 Å². The van der Waals surface area contributed by atoms with Gasteiger partial charge in [-0.3, -0.25) is 0 Å². The summed E-state index contributed by atoms with van der Waals surface area (Å²) in [5.74, 6) is -0.560. The average Bonchev–Trinajstić information content (AvgIpc) is 2.68. The number of nitrogens with zero attached hydrogens (tertiary/aromatic N) is 1. The predicted octanol–water partition coefficient (Wildman–Crippen LogP) is 3.19. The van der Waals surface area contributed by atoms with Crippen LogP contribution < -0.4 is 5.32 Å². The Morgan fingerprint density at radius 2 is 1.78 bits per heavy atom. The molecule has 6 heteroatoms. The monoisotopic (exact) mass is 366 g/mol. The van der Waals surface area contributed by atoms with E-state index in [1.54, 1.807) is 12.1 Å². The van der Waals surface area contributed by atoms with Crippen molar-refractivity contribution in [1.82, 2.24) is 5.32 Å². The summed E-state index contributed by atoms with van der Waals surface area (Å²) in [7, 11) is 1.27. The van der Waals surface area contributed by atoms with Gasteiger partial charge in [-0.2, -0.15) is 5.26 Å². The van der Waals surface area contributed by atoms with E-state index in [2.05, 4.69) is 11.4 Å². The normalized spacial score (nSPS) is 11.2. The second-order valence-corrected chi connectivity index (χ2v) is 6.19. The number of esters is 1. The van der Waals surface area contributed by atoms with Gasteiger partial charge in [0, 0.05) is 6.42 Å². The molecule has 6 nitrogen and oxygen atoms in total. The lowest BCUT2D eigenvalue weighted by molar-refractivity contribution is -0.143. The van der Waals surface area contributed by atoms with Gasteiger partial charge in [-0.05, 0) is 48.2 Å². The number of carbonyl (C=O) groups is 2. The fourth-order valence-corrected chi connectivity index (χ4v) is 2.83. The van der Waals surface area contributed by atoms with Gasteiger partial charge in [-0.25, -0.2) is 9.59 Å². The van der Waals surface area contributed by atoms with Gasteiger partial charge in [0.15, 0.2) is 0 Å². The van der Waals surface area contributed by atoms with E-state index >= 15 is 0 Å². The minimum Gasteiger partial charge on any atom is -0.467 e. The number of aryl methyl sites for hydroxylation is 2. The molecule has 1 N–H and O–H groups in total. The lowest BCUT2D eigenvalue weighted by Gasteiger charge is -2.19. The second kappa shape index (κ2) is 9.39. The van der Waals surface area contributed by atoms with Gasteiger partial charge in [0.1, 0.15) is 12.6 Å². The highest BCUT2D eigenvalue weighted by molar-refractivity contribution is 5.81. The maximum absolute atomic E-state index is 12.1. The molecule has 0 fully saturated rings. The van der Waals surface area contributed by atoms with Crippen molar-refractivity contribution in [2.75, 3.05) is 7.11 Å². The molecule has 0 unspecified atom stereocenters. The number of nitrogens with one attached hydrogen (secondary N) is 1. The zero-order valence-electron chi connectivity index (χ0n) is 15.6. The molecule has 0 aromatic heterocycles. The quantitative estimate of drug-likeness (QED) is 0.793. The van der Waals surface area contributed by atoms with Crippen molar-refractivity contribution in [2.24, 2.45) is 0 Å². The Balaban J connectivity index is 2.08. The Kier molecular flexibility index (Phi) is 6.95. The van der Waals surface area contributed by atoms with Gasteiger partial charge in [-0.15, -0.1) is 0 Å². The van der Waals surface area contributed by atoms with Gasteiger partial charge in [0.05, 0.1) is 18.7 Å². The van der Waals surface area contributed by atoms with E-state index in [9.17, 15) is 9.59 Å². The van der Waals surface area contributed by atoms with Gasteiger partial charge in [-0.1, -0.05) is 30.3 Å². The third-order valence-electron chi connectivity index (χ3n) is 4.22. The molecule has 0 aliphatic heterocycles. The molecule has 1 amide bonds. The third kappa shape index (κ3) is 5.58. The van der Waals surface area contributed by atoms with Crippen LogP contribution in [-0.2, 0) is 27.3 Å². The zero-order chi connectivity index (χ0) is 19.8. The fourth-order valence-electron chi connectivity index (χ4n) is 2.83. The minimum atomic E-state index is -0.886. The highest BCUT2D eigenvalue weighted by atomic mass is 16.6. The van der Waals surface area contributed by atoms with Crippen molar-refractivity contribution in [1.29, 1.82) is 5.26 Å². The fraction of sp³-hybridized carbons (Fsp3) is 0.286. The van der Waals surface area contributed by atoms with Gasteiger partial charge >= 0.3 is 12.1 Å². The van der Waals surface area contributed by atoms with Crippen LogP contribution in [-0.4, -0.2) is 25.2 Å². The van der Waals surface area contributed by atoms with Crippen molar-refractivity contribution in [3.8, 4) is 6.07 Å². The lowest BCUT2D eigenvalue weighted by Crippen LogP contribution is -2.43. The molecule has 2 rings (SSSR count). The Morgan fingerprint density at radius 3 is 2.33 bits per heavy atom. The lowest BCUT2D eigenvalue weighted by atomic mass is 9.94. The van der Waals surface area contributed by atoms with Crippen LogP contribution in [0, 0.1) is 25.2 Å². The zero-order valence-corrected chi connectivity index (χ0v) is 15.6. The van der Waals surface area contributed by atoms with Crippen LogP contribution >= 0.6 is 0 Å². The molecule has 0 aliphatic rings. The second-order valence-electron chi connectivity index (χ2n) is 6.19. The maximum Gasteiger partial charge on any atom is 0.408 e. The van der Waals surface area contributed by atoms with Crippen LogP contribution in [0.15, 0.2) is 42.5 Å². The van der Waals surface area contributed by atoms with Crippen molar-refractivity contribution in [2.45, 2.75) is 32.9 Å². The summed E-state index contributed by atoms with van der Waals surface area (Å²) in [6.07, 6.45) is -0.450. The molecule has 0 spiro atoms. The first-order valence-corrected chi connectivity index (χ1v) is 8.50.